The summed E-state index contributed by atoms with van der Waals surface area (Å²) in [5.41, 5.74) is 0.639. The first kappa shape index (κ1) is 16.1. The number of rotatable bonds is 5. The Morgan fingerprint density at radius 2 is 2.19 bits per heavy atom. The number of likely N-dealkylation sites (N-methyl/N-ethyl adjacent to an activating group) is 1. The smallest absolute Gasteiger partial charge is 0.304 e. The van der Waals surface area contributed by atoms with Crippen molar-refractivity contribution in [2.45, 2.75) is 18.9 Å². The van der Waals surface area contributed by atoms with E-state index in [4.69, 9.17) is 28.3 Å². The number of halogens is 2. The second-order valence-electron chi connectivity index (χ2n) is 5.01. The van der Waals surface area contributed by atoms with Crippen molar-refractivity contribution in [3.8, 4) is 0 Å². The Morgan fingerprint density at radius 3 is 2.81 bits per heavy atom. The molecule has 1 aliphatic rings. The van der Waals surface area contributed by atoms with Gasteiger partial charge in [0, 0.05) is 18.1 Å². The van der Waals surface area contributed by atoms with E-state index in [0.29, 0.717) is 35.2 Å². The molecular formula is C14H16Cl2N2O3. The van der Waals surface area contributed by atoms with E-state index in [0.717, 1.165) is 0 Å². The summed E-state index contributed by atoms with van der Waals surface area (Å²) in [4.78, 5) is 26.5. The Kier molecular flexibility index (Phi) is 5.08. The van der Waals surface area contributed by atoms with E-state index in [2.05, 4.69) is 0 Å². The van der Waals surface area contributed by atoms with Gasteiger partial charge in [-0.3, -0.25) is 14.5 Å². The van der Waals surface area contributed by atoms with Crippen molar-refractivity contribution < 1.29 is 14.7 Å². The molecule has 0 spiro atoms. The molecule has 114 valence electrons. The van der Waals surface area contributed by atoms with Crippen molar-refractivity contribution in [1.29, 1.82) is 0 Å². The lowest BCUT2D eigenvalue weighted by molar-refractivity contribution is -0.137. The molecule has 0 saturated carbocycles. The van der Waals surface area contributed by atoms with Crippen LogP contribution in [0.2, 0.25) is 10.0 Å². The molecule has 1 aromatic carbocycles. The molecule has 7 heteroatoms. The Labute approximate surface area is 133 Å². The number of hydrogen-bond acceptors (Lipinski definition) is 3. The van der Waals surface area contributed by atoms with Gasteiger partial charge in [-0.05, 0) is 31.7 Å². The predicted molar refractivity (Wildman–Crippen MR) is 82.1 cm³/mol. The fourth-order valence-electron chi connectivity index (χ4n) is 2.44. The average molecular weight is 331 g/mol. The molecule has 0 bridgehead atoms. The van der Waals surface area contributed by atoms with E-state index < -0.39 is 5.97 Å². The van der Waals surface area contributed by atoms with Gasteiger partial charge in [0.05, 0.1) is 23.2 Å². The third kappa shape index (κ3) is 3.67. The molecule has 1 aliphatic heterocycles. The van der Waals surface area contributed by atoms with Crippen molar-refractivity contribution in [3.63, 3.8) is 0 Å². The van der Waals surface area contributed by atoms with Crippen LogP contribution in [-0.2, 0) is 9.59 Å². The van der Waals surface area contributed by atoms with Gasteiger partial charge in [-0.2, -0.15) is 0 Å². The van der Waals surface area contributed by atoms with Gasteiger partial charge in [0.15, 0.2) is 0 Å². The van der Waals surface area contributed by atoms with Gasteiger partial charge >= 0.3 is 5.97 Å². The molecular weight excluding hydrogens is 315 g/mol. The number of carbonyl (C=O) groups is 2. The maximum absolute atomic E-state index is 12.5. The summed E-state index contributed by atoms with van der Waals surface area (Å²) < 4.78 is 0. The van der Waals surface area contributed by atoms with Crippen LogP contribution in [0.15, 0.2) is 18.2 Å². The number of carboxylic acid groups (broad SMARTS) is 1. The fraction of sp³-hybridized carbons (Fsp3) is 0.429. The van der Waals surface area contributed by atoms with Crippen molar-refractivity contribution in [2.75, 3.05) is 25.0 Å². The quantitative estimate of drug-likeness (QED) is 0.901. The largest absolute Gasteiger partial charge is 0.481 e. The molecule has 0 aliphatic carbocycles. The predicted octanol–water partition coefficient (Wildman–Crippen LogP) is 2.51. The number of benzene rings is 1. The Hall–Kier alpha value is -1.30. The van der Waals surface area contributed by atoms with Crippen molar-refractivity contribution in [2.24, 2.45) is 0 Å². The number of amides is 1. The van der Waals surface area contributed by atoms with Crippen molar-refractivity contribution >= 4 is 40.8 Å². The van der Waals surface area contributed by atoms with Gasteiger partial charge in [-0.1, -0.05) is 23.2 Å². The summed E-state index contributed by atoms with van der Waals surface area (Å²) in [6.07, 6.45) is 0.663. The summed E-state index contributed by atoms with van der Waals surface area (Å²) >= 11 is 12.0. The van der Waals surface area contributed by atoms with E-state index in [1.807, 2.05) is 0 Å². The third-order valence-electron chi connectivity index (χ3n) is 3.59. The van der Waals surface area contributed by atoms with Crippen molar-refractivity contribution in [3.05, 3.63) is 28.2 Å². The highest BCUT2D eigenvalue weighted by Crippen LogP contribution is 2.32. The van der Waals surface area contributed by atoms with Crippen LogP contribution in [0.3, 0.4) is 0 Å². The SMILES string of the molecule is CN(CCC(=O)O)C1CCN(c2ccc(Cl)cc2Cl)C1=O. The molecule has 1 heterocycles. The molecule has 2 rings (SSSR count). The van der Waals surface area contributed by atoms with Gasteiger partial charge in [0.1, 0.15) is 0 Å². The molecule has 0 aromatic heterocycles. The minimum absolute atomic E-state index is 0.0159. The van der Waals surface area contributed by atoms with E-state index in [1.54, 1.807) is 35.0 Å². The normalized spacial score (nSPS) is 18.6. The Morgan fingerprint density at radius 1 is 1.48 bits per heavy atom. The first-order valence-corrected chi connectivity index (χ1v) is 7.34. The zero-order valence-electron chi connectivity index (χ0n) is 11.6. The highest BCUT2D eigenvalue weighted by atomic mass is 35.5. The molecule has 1 unspecified atom stereocenters. The summed E-state index contributed by atoms with van der Waals surface area (Å²) in [7, 11) is 1.76. The number of carbonyl (C=O) groups excluding carboxylic acids is 1. The molecule has 1 fully saturated rings. The van der Waals surface area contributed by atoms with Crippen LogP contribution < -0.4 is 4.90 Å². The summed E-state index contributed by atoms with van der Waals surface area (Å²) in [5.74, 6) is -0.933. The first-order valence-electron chi connectivity index (χ1n) is 6.58. The maximum atomic E-state index is 12.5. The van der Waals surface area contributed by atoms with E-state index in [-0.39, 0.29) is 18.4 Å². The molecule has 5 nitrogen and oxygen atoms in total. The van der Waals surface area contributed by atoms with Gasteiger partial charge in [-0.25, -0.2) is 0 Å². The van der Waals surface area contributed by atoms with Crippen LogP contribution in [0.4, 0.5) is 5.69 Å². The number of aliphatic carboxylic acids is 1. The van der Waals surface area contributed by atoms with Crippen LogP contribution in [0.25, 0.3) is 0 Å². The minimum Gasteiger partial charge on any atom is -0.481 e. The number of hydrogen-bond donors (Lipinski definition) is 1. The Bertz CT molecular complexity index is 565. The highest BCUT2D eigenvalue weighted by molar-refractivity contribution is 6.36. The molecule has 1 amide bonds. The lowest BCUT2D eigenvalue weighted by Gasteiger charge is -2.23. The second-order valence-corrected chi connectivity index (χ2v) is 5.86. The number of anilines is 1. The fourth-order valence-corrected chi connectivity index (χ4v) is 2.95. The van der Waals surface area contributed by atoms with Gasteiger partial charge in [0.2, 0.25) is 5.91 Å². The van der Waals surface area contributed by atoms with Crippen LogP contribution >= 0.6 is 23.2 Å². The van der Waals surface area contributed by atoms with Gasteiger partial charge < -0.3 is 10.0 Å². The number of carboxylic acids is 1. The zero-order valence-corrected chi connectivity index (χ0v) is 13.1. The molecule has 1 aromatic rings. The van der Waals surface area contributed by atoms with Crippen LogP contribution in [0, 0.1) is 0 Å². The number of nitrogens with zero attached hydrogens (tertiary/aromatic N) is 2. The van der Waals surface area contributed by atoms with Crippen LogP contribution in [0.1, 0.15) is 12.8 Å². The van der Waals surface area contributed by atoms with E-state index >= 15 is 0 Å². The third-order valence-corrected chi connectivity index (χ3v) is 4.13. The minimum atomic E-state index is -0.870. The molecule has 1 saturated heterocycles. The zero-order chi connectivity index (χ0) is 15.6. The standard InChI is InChI=1S/C14H16Cl2N2O3/c1-17(6-5-13(19)20)12-4-7-18(14(12)21)11-3-2-9(15)8-10(11)16/h2-3,8,12H,4-7H2,1H3,(H,19,20). The molecule has 21 heavy (non-hydrogen) atoms. The topological polar surface area (TPSA) is 60.9 Å². The lowest BCUT2D eigenvalue weighted by atomic mass is 10.2. The second kappa shape index (κ2) is 6.64. The monoisotopic (exact) mass is 330 g/mol. The highest BCUT2D eigenvalue weighted by Gasteiger charge is 2.35. The van der Waals surface area contributed by atoms with Gasteiger partial charge in [0.25, 0.3) is 0 Å². The van der Waals surface area contributed by atoms with Gasteiger partial charge in [-0.15, -0.1) is 0 Å². The maximum Gasteiger partial charge on any atom is 0.304 e. The Balaban J connectivity index is 2.09. The van der Waals surface area contributed by atoms with Crippen LogP contribution in [0.5, 0.6) is 0 Å². The summed E-state index contributed by atoms with van der Waals surface area (Å²) in [6, 6.07) is 4.71. The molecule has 1 N–H and O–H groups in total. The first-order chi connectivity index (χ1) is 9.90. The summed E-state index contributed by atoms with van der Waals surface area (Å²) in [5, 5.41) is 9.67. The summed E-state index contributed by atoms with van der Waals surface area (Å²) in [6.45, 7) is 0.899. The van der Waals surface area contributed by atoms with Crippen molar-refractivity contribution in [1.82, 2.24) is 4.90 Å². The van der Waals surface area contributed by atoms with E-state index in [9.17, 15) is 9.59 Å². The molecule has 1 atom stereocenters. The van der Waals surface area contributed by atoms with Crippen LogP contribution in [-0.4, -0.2) is 48.1 Å². The van der Waals surface area contributed by atoms with E-state index in [1.165, 1.54) is 0 Å². The molecule has 0 radical (unpaired) electrons. The lowest BCUT2D eigenvalue weighted by Crippen LogP contribution is -2.40. The average Bonchev–Trinajstić information content (AvgIpc) is 2.78.